The summed E-state index contributed by atoms with van der Waals surface area (Å²) in [6.45, 7) is 3.61. The highest BCUT2D eigenvalue weighted by Crippen LogP contribution is 2.16. The maximum atomic E-state index is 4.51. The van der Waals surface area contributed by atoms with Gasteiger partial charge in [-0.25, -0.2) is 9.97 Å². The summed E-state index contributed by atoms with van der Waals surface area (Å²) < 4.78 is 0. The fourth-order valence-electron chi connectivity index (χ4n) is 3.01. The van der Waals surface area contributed by atoms with E-state index in [1.165, 1.54) is 5.01 Å². The molecule has 0 atom stereocenters. The molecule has 0 saturated carbocycles. The molecule has 6 nitrogen and oxygen atoms in total. The normalized spacial score (nSPS) is 11.2. The largest absolute Gasteiger partial charge is 0.356 e. The van der Waals surface area contributed by atoms with Crippen LogP contribution >= 0.6 is 35.3 Å². The van der Waals surface area contributed by atoms with Gasteiger partial charge in [-0.05, 0) is 31.7 Å². The molecular formula is C21H29IN6S. The van der Waals surface area contributed by atoms with Gasteiger partial charge in [-0.3, -0.25) is 4.99 Å². The van der Waals surface area contributed by atoms with Gasteiger partial charge in [-0.15, -0.1) is 35.3 Å². The minimum absolute atomic E-state index is 0. The van der Waals surface area contributed by atoms with E-state index in [1.807, 2.05) is 45.4 Å². The van der Waals surface area contributed by atoms with Gasteiger partial charge in [0.2, 0.25) is 0 Å². The molecule has 3 aromatic rings. The Bertz CT molecular complexity index is 889. The number of hydrogen-bond acceptors (Lipinski definition) is 4. The molecule has 0 aliphatic carbocycles. The molecule has 2 aromatic heterocycles. The van der Waals surface area contributed by atoms with Crippen molar-refractivity contribution in [2.24, 2.45) is 4.99 Å². The molecule has 3 rings (SSSR count). The van der Waals surface area contributed by atoms with Crippen molar-refractivity contribution in [1.29, 1.82) is 0 Å². The first kappa shape index (κ1) is 23.3. The maximum Gasteiger partial charge on any atom is 0.193 e. The van der Waals surface area contributed by atoms with Crippen molar-refractivity contribution in [2.45, 2.75) is 32.7 Å². The van der Waals surface area contributed by atoms with Crippen LogP contribution in [0.1, 0.15) is 29.4 Å². The minimum atomic E-state index is 0. The molecule has 0 unspecified atom stereocenters. The number of hydrogen-bond donors (Lipinski definition) is 2. The van der Waals surface area contributed by atoms with Crippen LogP contribution in [0.3, 0.4) is 0 Å². The molecule has 0 aliphatic rings. The molecule has 2 N–H and O–H groups in total. The molecule has 0 spiro atoms. The van der Waals surface area contributed by atoms with Crippen LogP contribution in [0.2, 0.25) is 0 Å². The van der Waals surface area contributed by atoms with E-state index >= 15 is 0 Å². The molecule has 1 aromatic carbocycles. The second-order valence-corrected chi connectivity index (χ2v) is 7.72. The predicted molar refractivity (Wildman–Crippen MR) is 132 cm³/mol. The Morgan fingerprint density at radius 3 is 2.72 bits per heavy atom. The molecule has 0 fully saturated rings. The highest BCUT2D eigenvalue weighted by Gasteiger charge is 2.09. The topological polar surface area (TPSA) is 69.2 Å². The molecule has 0 bridgehead atoms. The number of guanidine groups is 1. The van der Waals surface area contributed by atoms with E-state index in [1.54, 1.807) is 11.3 Å². The van der Waals surface area contributed by atoms with E-state index < -0.39 is 0 Å². The Balaban J connectivity index is 0.00000300. The van der Waals surface area contributed by atoms with Crippen LogP contribution < -0.4 is 5.32 Å². The van der Waals surface area contributed by atoms with Gasteiger partial charge in [0, 0.05) is 31.7 Å². The number of aryl methyl sites for hydroxylation is 2. The zero-order valence-corrected chi connectivity index (χ0v) is 20.3. The summed E-state index contributed by atoms with van der Waals surface area (Å²) in [4.78, 5) is 18.9. The van der Waals surface area contributed by atoms with Gasteiger partial charge in [0.15, 0.2) is 5.96 Å². The van der Waals surface area contributed by atoms with Crippen LogP contribution in [0, 0.1) is 6.92 Å². The fourth-order valence-corrected chi connectivity index (χ4v) is 3.83. The SMILES string of the molecule is CN=C(NCCCCc1nc(C)cs1)N(C)Cc1ncc(-c2ccccc2)[nH]1.I. The van der Waals surface area contributed by atoms with Crippen LogP contribution in [0.5, 0.6) is 0 Å². The third-order valence-corrected chi connectivity index (χ3v) is 5.47. The van der Waals surface area contributed by atoms with Crippen LogP contribution in [-0.4, -0.2) is 46.5 Å². The van der Waals surface area contributed by atoms with E-state index in [9.17, 15) is 0 Å². The smallest absolute Gasteiger partial charge is 0.193 e. The van der Waals surface area contributed by atoms with Crippen LogP contribution in [0.15, 0.2) is 46.9 Å². The van der Waals surface area contributed by atoms with Gasteiger partial charge >= 0.3 is 0 Å². The van der Waals surface area contributed by atoms with Crippen LogP contribution in [0.25, 0.3) is 11.3 Å². The van der Waals surface area contributed by atoms with Gasteiger partial charge in [0.1, 0.15) is 5.82 Å². The highest BCUT2D eigenvalue weighted by molar-refractivity contribution is 14.0. The van der Waals surface area contributed by atoms with Crippen molar-refractivity contribution in [2.75, 3.05) is 20.6 Å². The quantitative estimate of drug-likeness (QED) is 0.197. The Labute approximate surface area is 193 Å². The summed E-state index contributed by atoms with van der Waals surface area (Å²) >= 11 is 1.75. The minimum Gasteiger partial charge on any atom is -0.356 e. The third-order valence-electron chi connectivity index (χ3n) is 4.44. The van der Waals surface area contributed by atoms with Gasteiger partial charge in [-0.1, -0.05) is 30.3 Å². The number of rotatable bonds is 8. The van der Waals surface area contributed by atoms with E-state index in [0.717, 1.165) is 54.5 Å². The average molecular weight is 524 g/mol. The van der Waals surface area contributed by atoms with E-state index in [4.69, 9.17) is 0 Å². The molecule has 2 heterocycles. The van der Waals surface area contributed by atoms with Crippen LogP contribution in [0.4, 0.5) is 0 Å². The predicted octanol–water partition coefficient (Wildman–Crippen LogP) is 4.49. The van der Waals surface area contributed by atoms with Crippen molar-refractivity contribution in [1.82, 2.24) is 25.2 Å². The zero-order valence-electron chi connectivity index (χ0n) is 17.2. The lowest BCUT2D eigenvalue weighted by Gasteiger charge is -2.21. The van der Waals surface area contributed by atoms with Crippen molar-refractivity contribution in [3.05, 3.63) is 58.4 Å². The summed E-state index contributed by atoms with van der Waals surface area (Å²) in [5.74, 6) is 1.80. The van der Waals surface area contributed by atoms with Gasteiger partial charge in [0.05, 0.1) is 23.4 Å². The van der Waals surface area contributed by atoms with Crippen molar-refractivity contribution in [3.8, 4) is 11.3 Å². The summed E-state index contributed by atoms with van der Waals surface area (Å²) in [7, 11) is 3.84. The van der Waals surface area contributed by atoms with Gasteiger partial charge in [-0.2, -0.15) is 0 Å². The number of H-pyrrole nitrogens is 1. The van der Waals surface area contributed by atoms with E-state index in [-0.39, 0.29) is 24.0 Å². The number of nitrogens with zero attached hydrogens (tertiary/aromatic N) is 4. The molecule has 156 valence electrons. The number of unbranched alkanes of at least 4 members (excludes halogenated alkanes) is 1. The lowest BCUT2D eigenvalue weighted by Crippen LogP contribution is -2.39. The lowest BCUT2D eigenvalue weighted by molar-refractivity contribution is 0.462. The number of halogens is 1. The molecule has 0 amide bonds. The van der Waals surface area contributed by atoms with E-state index in [2.05, 4.69) is 47.7 Å². The van der Waals surface area contributed by atoms with E-state index in [0.29, 0.717) is 6.54 Å². The number of thiazole rings is 1. The van der Waals surface area contributed by atoms with Crippen molar-refractivity contribution >= 4 is 41.3 Å². The second kappa shape index (κ2) is 11.9. The molecule has 0 radical (unpaired) electrons. The number of nitrogens with one attached hydrogen (secondary N) is 2. The Hall–Kier alpha value is -1.94. The molecule has 0 aliphatic heterocycles. The third kappa shape index (κ3) is 7.11. The number of imidazole rings is 1. The highest BCUT2D eigenvalue weighted by atomic mass is 127. The fraction of sp³-hybridized carbons (Fsp3) is 0.381. The Morgan fingerprint density at radius 1 is 1.24 bits per heavy atom. The number of benzene rings is 1. The van der Waals surface area contributed by atoms with Gasteiger partial charge < -0.3 is 15.2 Å². The zero-order chi connectivity index (χ0) is 19.8. The lowest BCUT2D eigenvalue weighted by atomic mass is 10.2. The number of aliphatic imine (C=N–C) groups is 1. The molecule has 0 saturated heterocycles. The monoisotopic (exact) mass is 524 g/mol. The Morgan fingerprint density at radius 2 is 2.03 bits per heavy atom. The molecule has 29 heavy (non-hydrogen) atoms. The summed E-state index contributed by atoms with van der Waals surface area (Å²) in [5.41, 5.74) is 3.29. The maximum absolute atomic E-state index is 4.51. The van der Waals surface area contributed by atoms with Gasteiger partial charge in [0.25, 0.3) is 0 Å². The average Bonchev–Trinajstić information content (AvgIpc) is 3.34. The first-order valence-corrected chi connectivity index (χ1v) is 10.5. The first-order valence-electron chi connectivity index (χ1n) is 9.58. The number of aromatic nitrogens is 3. The van der Waals surface area contributed by atoms with Crippen LogP contribution in [-0.2, 0) is 13.0 Å². The first-order chi connectivity index (χ1) is 13.7. The standard InChI is InChI=1S/C21H28N6S.HI/c1-16-15-28-20(25-16)11-7-8-12-23-21(22-2)27(3)14-19-24-13-18(26-19)17-9-5-4-6-10-17;/h4-6,9-10,13,15H,7-8,11-12,14H2,1-3H3,(H,22,23)(H,24,26);1H. The number of aromatic amines is 1. The summed E-state index contributed by atoms with van der Waals surface area (Å²) in [6.07, 6.45) is 5.14. The Kier molecular flexibility index (Phi) is 9.59. The summed E-state index contributed by atoms with van der Waals surface area (Å²) in [6, 6.07) is 10.2. The van der Waals surface area contributed by atoms with Crippen molar-refractivity contribution < 1.29 is 0 Å². The second-order valence-electron chi connectivity index (χ2n) is 6.78. The summed E-state index contributed by atoms with van der Waals surface area (Å²) in [5, 5.41) is 6.78. The van der Waals surface area contributed by atoms with Crippen molar-refractivity contribution in [3.63, 3.8) is 0 Å². The molecule has 8 heteroatoms. The molecular weight excluding hydrogens is 495 g/mol.